The number of methoxy groups -OCH3 is 1. The first-order valence-corrected chi connectivity index (χ1v) is 13.4. The molecule has 0 aliphatic carbocycles. The quantitative estimate of drug-likeness (QED) is 0.148. The van der Waals surface area contributed by atoms with Gasteiger partial charge in [-0.15, -0.1) is 0 Å². The zero-order valence-electron chi connectivity index (χ0n) is 23.1. The van der Waals surface area contributed by atoms with Crippen LogP contribution in [-0.4, -0.2) is 48.1 Å². The first kappa shape index (κ1) is 29.1. The second-order valence-corrected chi connectivity index (χ2v) is 9.73. The molecule has 4 rings (SSSR count). The van der Waals surface area contributed by atoms with Crippen molar-refractivity contribution in [1.82, 2.24) is 15.6 Å². The van der Waals surface area contributed by atoms with Crippen molar-refractivity contribution < 1.29 is 24.2 Å². The van der Waals surface area contributed by atoms with Gasteiger partial charge in [-0.2, -0.15) is 0 Å². The molecule has 4 N–H and O–H groups in total. The highest BCUT2D eigenvalue weighted by molar-refractivity contribution is 5.97. The fourth-order valence-corrected chi connectivity index (χ4v) is 4.58. The molecule has 0 radical (unpaired) electrons. The Morgan fingerprint density at radius 3 is 2.56 bits per heavy atom. The standard InChI is InChI=1S/C32H34N4O5/c1-21-14-16-34-29(17-21)33-15-6-11-30(38)35-20-31(39)36-27(19-32(40)41-2)26-13-12-23(18-28(26)37)25-10-5-8-22-7-3-4-9-24(22)25/h3-5,7-10,12-14,16-18,27,37H,6,11,15,19-20H2,1-2H3,(H,33,34)(H,35,38)(H,36,39). The van der Waals surface area contributed by atoms with Crippen molar-refractivity contribution in [3.63, 3.8) is 0 Å². The SMILES string of the molecule is COC(=O)CC(NC(=O)CNC(=O)CCCNc1cc(C)ccn1)c1ccc(-c2cccc3ccccc23)cc1O. The van der Waals surface area contributed by atoms with Gasteiger partial charge in [0.15, 0.2) is 0 Å². The molecule has 3 aromatic carbocycles. The predicted molar refractivity (Wildman–Crippen MR) is 158 cm³/mol. The van der Waals surface area contributed by atoms with Gasteiger partial charge in [-0.3, -0.25) is 14.4 Å². The number of carbonyl (C=O) groups excluding carboxylic acids is 3. The maximum Gasteiger partial charge on any atom is 0.307 e. The van der Waals surface area contributed by atoms with Crippen LogP contribution in [-0.2, 0) is 19.1 Å². The second-order valence-electron chi connectivity index (χ2n) is 9.73. The largest absolute Gasteiger partial charge is 0.508 e. The van der Waals surface area contributed by atoms with Crippen molar-refractivity contribution in [2.75, 3.05) is 25.5 Å². The van der Waals surface area contributed by atoms with E-state index in [0.29, 0.717) is 18.5 Å². The minimum Gasteiger partial charge on any atom is -0.508 e. The summed E-state index contributed by atoms with van der Waals surface area (Å²) in [5.74, 6) is -0.635. The lowest BCUT2D eigenvalue weighted by Crippen LogP contribution is -2.39. The monoisotopic (exact) mass is 554 g/mol. The number of phenolic OH excluding ortho intramolecular Hbond substituents is 1. The topological polar surface area (TPSA) is 130 Å². The van der Waals surface area contributed by atoms with Crippen molar-refractivity contribution in [2.45, 2.75) is 32.2 Å². The summed E-state index contributed by atoms with van der Waals surface area (Å²) in [6.45, 7) is 2.27. The van der Waals surface area contributed by atoms with E-state index in [0.717, 1.165) is 33.3 Å². The minimum absolute atomic E-state index is 0.0655. The van der Waals surface area contributed by atoms with Gasteiger partial charge in [0.1, 0.15) is 11.6 Å². The summed E-state index contributed by atoms with van der Waals surface area (Å²) in [6, 6.07) is 22.0. The van der Waals surface area contributed by atoms with Gasteiger partial charge in [-0.1, -0.05) is 54.6 Å². The number of amides is 2. The molecular formula is C32H34N4O5. The molecule has 1 heterocycles. The van der Waals surface area contributed by atoms with E-state index in [4.69, 9.17) is 4.74 Å². The average Bonchev–Trinajstić information content (AvgIpc) is 2.97. The van der Waals surface area contributed by atoms with Crippen LogP contribution in [0.5, 0.6) is 5.75 Å². The van der Waals surface area contributed by atoms with Crippen molar-refractivity contribution >= 4 is 34.4 Å². The Hall–Kier alpha value is -4.92. The van der Waals surface area contributed by atoms with Crippen LogP contribution in [0.4, 0.5) is 5.82 Å². The van der Waals surface area contributed by atoms with Crippen LogP contribution in [0.1, 0.15) is 36.4 Å². The molecule has 1 atom stereocenters. The van der Waals surface area contributed by atoms with Crippen LogP contribution in [0.2, 0.25) is 0 Å². The number of esters is 1. The highest BCUT2D eigenvalue weighted by Gasteiger charge is 2.22. The number of nitrogens with zero attached hydrogens (tertiary/aromatic N) is 1. The number of aromatic hydroxyl groups is 1. The van der Waals surface area contributed by atoms with Crippen molar-refractivity contribution in [2.24, 2.45) is 0 Å². The molecule has 4 aromatic rings. The Kier molecular flexibility index (Phi) is 9.88. The third kappa shape index (κ3) is 8.04. The number of hydrogen-bond donors (Lipinski definition) is 4. The average molecular weight is 555 g/mol. The van der Waals surface area contributed by atoms with E-state index >= 15 is 0 Å². The summed E-state index contributed by atoms with van der Waals surface area (Å²) >= 11 is 0. The summed E-state index contributed by atoms with van der Waals surface area (Å²) < 4.78 is 4.80. The van der Waals surface area contributed by atoms with E-state index in [2.05, 4.69) is 20.9 Å². The first-order valence-electron chi connectivity index (χ1n) is 13.4. The lowest BCUT2D eigenvalue weighted by Gasteiger charge is -2.20. The molecule has 0 saturated heterocycles. The predicted octanol–water partition coefficient (Wildman–Crippen LogP) is 4.64. The molecule has 41 heavy (non-hydrogen) atoms. The van der Waals surface area contributed by atoms with Crippen LogP contribution in [0.15, 0.2) is 79.0 Å². The van der Waals surface area contributed by atoms with Gasteiger partial charge in [0.25, 0.3) is 0 Å². The van der Waals surface area contributed by atoms with Crippen LogP contribution in [0.3, 0.4) is 0 Å². The fourth-order valence-electron chi connectivity index (χ4n) is 4.58. The number of aryl methyl sites for hydroxylation is 1. The number of anilines is 1. The molecule has 0 spiro atoms. The van der Waals surface area contributed by atoms with Gasteiger partial charge in [-0.05, 0) is 59.0 Å². The van der Waals surface area contributed by atoms with Gasteiger partial charge < -0.3 is 25.8 Å². The minimum atomic E-state index is -0.848. The smallest absolute Gasteiger partial charge is 0.307 e. The molecule has 212 valence electrons. The van der Waals surface area contributed by atoms with Gasteiger partial charge in [-0.25, -0.2) is 4.98 Å². The Bertz CT molecular complexity index is 1530. The number of aromatic nitrogens is 1. The Morgan fingerprint density at radius 1 is 0.976 bits per heavy atom. The Morgan fingerprint density at radius 2 is 1.78 bits per heavy atom. The van der Waals surface area contributed by atoms with E-state index < -0.39 is 17.9 Å². The zero-order valence-corrected chi connectivity index (χ0v) is 23.1. The number of phenols is 1. The van der Waals surface area contributed by atoms with Crippen molar-refractivity contribution in [1.29, 1.82) is 0 Å². The van der Waals surface area contributed by atoms with Crippen LogP contribution in [0.25, 0.3) is 21.9 Å². The summed E-state index contributed by atoms with van der Waals surface area (Å²) in [4.78, 5) is 41.3. The molecule has 1 aromatic heterocycles. The molecule has 0 aliphatic rings. The summed E-state index contributed by atoms with van der Waals surface area (Å²) in [7, 11) is 1.26. The van der Waals surface area contributed by atoms with Gasteiger partial charge >= 0.3 is 5.97 Å². The normalized spacial score (nSPS) is 11.5. The van der Waals surface area contributed by atoms with E-state index in [1.165, 1.54) is 7.11 Å². The number of hydrogen-bond acceptors (Lipinski definition) is 7. The summed E-state index contributed by atoms with van der Waals surface area (Å²) in [6.07, 6.45) is 2.32. The highest BCUT2D eigenvalue weighted by Crippen LogP contribution is 2.34. The van der Waals surface area contributed by atoms with E-state index in [1.807, 2.05) is 67.6 Å². The summed E-state index contributed by atoms with van der Waals surface area (Å²) in [5, 5.41) is 21.6. The molecule has 9 nitrogen and oxygen atoms in total. The first-order chi connectivity index (χ1) is 19.8. The van der Waals surface area contributed by atoms with Crippen molar-refractivity contribution in [3.05, 3.63) is 90.1 Å². The number of pyridine rings is 1. The molecule has 9 heteroatoms. The number of fused-ring (bicyclic) bond motifs is 1. The highest BCUT2D eigenvalue weighted by atomic mass is 16.5. The van der Waals surface area contributed by atoms with Gasteiger partial charge in [0, 0.05) is 24.7 Å². The molecule has 0 fully saturated rings. The second kappa shape index (κ2) is 13.9. The molecule has 1 unspecified atom stereocenters. The number of benzene rings is 3. The van der Waals surface area contributed by atoms with Crippen LogP contribution in [0, 0.1) is 6.92 Å². The lowest BCUT2D eigenvalue weighted by molar-refractivity contribution is -0.141. The Labute approximate surface area is 239 Å². The van der Waals surface area contributed by atoms with Crippen LogP contribution < -0.4 is 16.0 Å². The molecule has 0 aliphatic heterocycles. The molecular weight excluding hydrogens is 520 g/mol. The number of rotatable bonds is 12. The van der Waals surface area contributed by atoms with Crippen molar-refractivity contribution in [3.8, 4) is 16.9 Å². The zero-order chi connectivity index (χ0) is 29.2. The van der Waals surface area contributed by atoms with E-state index in [9.17, 15) is 19.5 Å². The van der Waals surface area contributed by atoms with Crippen LogP contribution >= 0.6 is 0 Å². The third-order valence-corrected chi connectivity index (χ3v) is 6.69. The van der Waals surface area contributed by atoms with Gasteiger partial charge in [0.2, 0.25) is 11.8 Å². The third-order valence-electron chi connectivity index (χ3n) is 6.69. The molecule has 0 bridgehead atoms. The number of carbonyl (C=O) groups is 3. The van der Waals surface area contributed by atoms with Gasteiger partial charge in [0.05, 0.1) is 26.1 Å². The lowest BCUT2D eigenvalue weighted by atomic mass is 9.95. The maximum atomic E-state index is 12.7. The fraction of sp³-hybridized carbons (Fsp3) is 0.250. The number of ether oxygens (including phenoxy) is 1. The number of nitrogens with one attached hydrogen (secondary N) is 3. The molecule has 0 saturated carbocycles. The maximum absolute atomic E-state index is 12.7. The molecule has 2 amide bonds. The van der Waals surface area contributed by atoms with E-state index in [-0.39, 0.29) is 31.0 Å². The Balaban J connectivity index is 1.36. The summed E-state index contributed by atoms with van der Waals surface area (Å²) in [5.41, 5.74) is 3.21. The van der Waals surface area contributed by atoms with E-state index in [1.54, 1.807) is 18.3 Å².